The van der Waals surface area contributed by atoms with Crippen molar-refractivity contribution in [3.63, 3.8) is 0 Å². The van der Waals surface area contributed by atoms with Gasteiger partial charge in [0.25, 0.3) is 0 Å². The monoisotopic (exact) mass is 228 g/mol. The Morgan fingerprint density at radius 3 is 2.88 bits per heavy atom. The van der Waals surface area contributed by atoms with Crippen molar-refractivity contribution in [2.75, 3.05) is 11.9 Å². The van der Waals surface area contributed by atoms with Crippen LogP contribution < -0.4 is 4.90 Å². The van der Waals surface area contributed by atoms with Gasteiger partial charge in [-0.1, -0.05) is 12.0 Å². The Kier molecular flexibility index (Phi) is 3.44. The van der Waals surface area contributed by atoms with Crippen molar-refractivity contribution in [3.05, 3.63) is 16.3 Å². The maximum atomic E-state index is 10.9. The number of nitro groups is 1. The van der Waals surface area contributed by atoms with Crippen molar-refractivity contribution in [2.24, 2.45) is 0 Å². The largest absolute Gasteiger partial charge is 0.480 e. The van der Waals surface area contributed by atoms with Crippen LogP contribution in [-0.4, -0.2) is 39.3 Å². The van der Waals surface area contributed by atoms with Gasteiger partial charge in [-0.15, -0.1) is 5.10 Å². The van der Waals surface area contributed by atoms with E-state index in [4.69, 9.17) is 5.11 Å². The lowest BCUT2D eigenvalue weighted by molar-refractivity contribution is -0.388. The van der Waals surface area contributed by atoms with Crippen molar-refractivity contribution < 1.29 is 14.8 Å². The van der Waals surface area contributed by atoms with E-state index in [1.54, 1.807) is 6.92 Å². The van der Waals surface area contributed by atoms with Crippen molar-refractivity contribution in [1.29, 1.82) is 0 Å². The zero-order valence-corrected chi connectivity index (χ0v) is 8.88. The van der Waals surface area contributed by atoms with Crippen LogP contribution in [0.15, 0.2) is 6.20 Å². The number of hydrogen-bond acceptors (Lipinski definition) is 5. The van der Waals surface area contributed by atoms with E-state index in [-0.39, 0.29) is 11.5 Å². The molecule has 0 saturated heterocycles. The molecule has 0 spiro atoms. The van der Waals surface area contributed by atoms with E-state index in [0.717, 1.165) is 0 Å². The summed E-state index contributed by atoms with van der Waals surface area (Å²) >= 11 is 0. The maximum Gasteiger partial charge on any atom is 0.366 e. The molecule has 0 aromatic carbocycles. The summed E-state index contributed by atoms with van der Waals surface area (Å²) < 4.78 is 0. The van der Waals surface area contributed by atoms with Crippen LogP contribution in [0.1, 0.15) is 13.3 Å². The smallest absolute Gasteiger partial charge is 0.366 e. The fourth-order valence-electron chi connectivity index (χ4n) is 1.45. The number of aliphatic carboxylic acids is 1. The minimum atomic E-state index is -1.03. The Hall–Kier alpha value is -2.12. The van der Waals surface area contributed by atoms with Crippen LogP contribution in [-0.2, 0) is 4.79 Å². The molecule has 1 aromatic rings. The van der Waals surface area contributed by atoms with Crippen LogP contribution in [0.2, 0.25) is 0 Å². The third-order valence-corrected chi connectivity index (χ3v) is 2.30. The molecule has 0 bridgehead atoms. The number of carbonyl (C=O) groups is 1. The Bertz CT molecular complexity index is 402. The molecular formula is C8H12N4O4. The molecule has 0 fully saturated rings. The molecule has 0 radical (unpaired) electrons. The molecule has 1 unspecified atom stereocenters. The summed E-state index contributed by atoms with van der Waals surface area (Å²) in [5.74, 6) is -1.33. The second-order valence-electron chi connectivity index (χ2n) is 3.23. The molecule has 1 atom stereocenters. The summed E-state index contributed by atoms with van der Waals surface area (Å²) in [7, 11) is 1.49. The van der Waals surface area contributed by atoms with Gasteiger partial charge in [0.2, 0.25) is 0 Å². The lowest BCUT2D eigenvalue weighted by Crippen LogP contribution is -2.38. The number of carboxylic acid groups (broad SMARTS) is 1. The molecule has 0 aliphatic carbocycles. The van der Waals surface area contributed by atoms with Crippen molar-refractivity contribution in [1.82, 2.24) is 10.2 Å². The van der Waals surface area contributed by atoms with Crippen molar-refractivity contribution in [3.8, 4) is 0 Å². The first-order valence-corrected chi connectivity index (χ1v) is 4.62. The lowest BCUT2D eigenvalue weighted by atomic mass is 10.2. The SMILES string of the molecule is CCC(C(=O)O)N(C)c1cn[nH]c1[N+](=O)[O-]. The molecule has 1 rings (SSSR count). The number of aromatic amines is 1. The molecule has 0 aliphatic rings. The highest BCUT2D eigenvalue weighted by Gasteiger charge is 2.27. The molecule has 1 aromatic heterocycles. The van der Waals surface area contributed by atoms with Crippen LogP contribution >= 0.6 is 0 Å². The van der Waals surface area contributed by atoms with Crippen molar-refractivity contribution in [2.45, 2.75) is 19.4 Å². The summed E-state index contributed by atoms with van der Waals surface area (Å²) in [6, 6.07) is -0.809. The molecule has 0 aliphatic heterocycles. The van der Waals surface area contributed by atoms with Gasteiger partial charge in [-0.25, -0.2) is 4.79 Å². The summed E-state index contributed by atoms with van der Waals surface area (Å²) in [5, 5.41) is 25.3. The molecular weight excluding hydrogens is 216 g/mol. The Labute approximate surface area is 91.0 Å². The van der Waals surface area contributed by atoms with Gasteiger partial charge in [0, 0.05) is 7.05 Å². The second-order valence-corrected chi connectivity index (χ2v) is 3.23. The average Bonchev–Trinajstić information content (AvgIpc) is 2.65. The number of H-pyrrole nitrogens is 1. The Morgan fingerprint density at radius 1 is 1.81 bits per heavy atom. The maximum absolute atomic E-state index is 10.9. The highest BCUT2D eigenvalue weighted by Crippen LogP contribution is 2.25. The Morgan fingerprint density at radius 2 is 2.44 bits per heavy atom. The van der Waals surface area contributed by atoms with Crippen molar-refractivity contribution >= 4 is 17.5 Å². The number of nitrogens with one attached hydrogen (secondary N) is 1. The fraction of sp³-hybridized carbons (Fsp3) is 0.500. The lowest BCUT2D eigenvalue weighted by Gasteiger charge is -2.23. The van der Waals surface area contributed by atoms with Gasteiger partial charge in [0.15, 0.2) is 5.69 Å². The fourth-order valence-corrected chi connectivity index (χ4v) is 1.45. The van der Waals surface area contributed by atoms with Gasteiger partial charge in [-0.2, -0.15) is 0 Å². The normalized spacial score (nSPS) is 12.1. The summed E-state index contributed by atoms with van der Waals surface area (Å²) in [6.07, 6.45) is 1.58. The van der Waals surface area contributed by atoms with Gasteiger partial charge in [0.05, 0.1) is 0 Å². The van der Waals surface area contributed by atoms with E-state index in [1.807, 2.05) is 0 Å². The van der Waals surface area contributed by atoms with Crippen LogP contribution in [0.4, 0.5) is 11.5 Å². The first kappa shape index (κ1) is 12.0. The van der Waals surface area contributed by atoms with Gasteiger partial charge in [-0.05, 0) is 11.3 Å². The molecule has 8 heteroatoms. The number of aromatic nitrogens is 2. The molecule has 0 amide bonds. The topological polar surface area (TPSA) is 112 Å². The summed E-state index contributed by atoms with van der Waals surface area (Å²) in [4.78, 5) is 22.2. The third-order valence-electron chi connectivity index (χ3n) is 2.30. The van der Waals surface area contributed by atoms with E-state index in [9.17, 15) is 14.9 Å². The van der Waals surface area contributed by atoms with E-state index in [1.165, 1.54) is 18.1 Å². The number of likely N-dealkylation sites (N-methyl/N-ethyl adjacent to an activating group) is 1. The summed E-state index contributed by atoms with van der Waals surface area (Å²) in [6.45, 7) is 1.70. The standard InChI is InChI=1S/C8H12N4O4/c1-3-5(8(13)14)11(2)6-4-9-10-7(6)12(15)16/h4-5H,3H2,1-2H3,(H,9,10)(H,13,14). The van der Waals surface area contributed by atoms with Gasteiger partial charge in [0.1, 0.15) is 12.2 Å². The van der Waals surface area contributed by atoms with E-state index < -0.39 is 16.9 Å². The zero-order valence-electron chi connectivity index (χ0n) is 8.88. The third kappa shape index (κ3) is 2.10. The van der Waals surface area contributed by atoms with E-state index in [2.05, 4.69) is 10.2 Å². The van der Waals surface area contributed by atoms with Crippen LogP contribution in [0.3, 0.4) is 0 Å². The number of rotatable bonds is 5. The van der Waals surface area contributed by atoms with Gasteiger partial charge in [-0.3, -0.25) is 0 Å². The highest BCUT2D eigenvalue weighted by molar-refractivity contribution is 5.79. The average molecular weight is 228 g/mol. The molecule has 8 nitrogen and oxygen atoms in total. The Balaban J connectivity index is 3.03. The highest BCUT2D eigenvalue weighted by atomic mass is 16.6. The minimum Gasteiger partial charge on any atom is -0.480 e. The van der Waals surface area contributed by atoms with E-state index in [0.29, 0.717) is 6.42 Å². The van der Waals surface area contributed by atoms with Gasteiger partial charge < -0.3 is 20.1 Å². The first-order chi connectivity index (χ1) is 7.49. The number of hydrogen-bond donors (Lipinski definition) is 2. The molecule has 1 heterocycles. The number of carboxylic acids is 1. The molecule has 0 saturated carbocycles. The first-order valence-electron chi connectivity index (χ1n) is 4.62. The zero-order chi connectivity index (χ0) is 12.3. The second kappa shape index (κ2) is 4.60. The predicted octanol–water partition coefficient (Wildman–Crippen LogP) is 0.617. The predicted molar refractivity (Wildman–Crippen MR) is 55.4 cm³/mol. The van der Waals surface area contributed by atoms with Crippen LogP contribution in [0.5, 0.6) is 0 Å². The quantitative estimate of drug-likeness (QED) is 0.564. The number of nitrogens with zero attached hydrogens (tertiary/aromatic N) is 3. The summed E-state index contributed by atoms with van der Waals surface area (Å²) in [5.41, 5.74) is 0.166. The minimum absolute atomic E-state index is 0.166. The van der Waals surface area contributed by atoms with Gasteiger partial charge >= 0.3 is 11.8 Å². The van der Waals surface area contributed by atoms with E-state index >= 15 is 0 Å². The molecule has 16 heavy (non-hydrogen) atoms. The number of anilines is 1. The van der Waals surface area contributed by atoms with Crippen LogP contribution in [0.25, 0.3) is 0 Å². The van der Waals surface area contributed by atoms with Crippen LogP contribution in [0, 0.1) is 10.1 Å². The molecule has 2 N–H and O–H groups in total. The molecule has 88 valence electrons.